The smallest absolute Gasteiger partial charge is 0.485 e. The summed E-state index contributed by atoms with van der Waals surface area (Å²) in [6, 6.07) is 7.83. The van der Waals surface area contributed by atoms with E-state index in [0.717, 1.165) is 5.75 Å². The van der Waals surface area contributed by atoms with E-state index in [2.05, 4.69) is 0 Å². The van der Waals surface area contributed by atoms with E-state index < -0.39 is 18.5 Å². The van der Waals surface area contributed by atoms with Crippen LogP contribution in [0.5, 0.6) is 5.75 Å². The molecule has 0 aliphatic carbocycles. The first-order chi connectivity index (χ1) is 8.45. The lowest BCUT2D eigenvalue weighted by Crippen LogP contribution is -2.49. The third-order valence-electron chi connectivity index (χ3n) is 2.87. The van der Waals surface area contributed by atoms with Crippen LogP contribution in [-0.4, -0.2) is 38.7 Å². The van der Waals surface area contributed by atoms with Gasteiger partial charge < -0.3 is 24.9 Å². The summed E-state index contributed by atoms with van der Waals surface area (Å²) in [4.78, 5) is 0. The van der Waals surface area contributed by atoms with Gasteiger partial charge in [-0.1, -0.05) is 17.7 Å². The Balaban J connectivity index is 0.000000711. The van der Waals surface area contributed by atoms with Crippen LogP contribution in [0.25, 0.3) is 0 Å². The van der Waals surface area contributed by atoms with Crippen molar-refractivity contribution >= 4 is 7.32 Å². The molecule has 5 nitrogen and oxygen atoms in total. The minimum atomic E-state index is -2.17. The van der Waals surface area contributed by atoms with E-state index in [1.165, 1.54) is 5.56 Å². The molecule has 0 heterocycles. The lowest BCUT2D eigenvalue weighted by atomic mass is 9.89. The first kappa shape index (κ1) is 17.9. The van der Waals surface area contributed by atoms with Gasteiger partial charge >= 0.3 is 7.32 Å². The summed E-state index contributed by atoms with van der Waals surface area (Å²) < 4.78 is 5.77. The summed E-state index contributed by atoms with van der Waals surface area (Å²) in [6.45, 7) is 9.30. The van der Waals surface area contributed by atoms with Crippen molar-refractivity contribution in [2.24, 2.45) is 0 Å². The maximum atomic E-state index is 9.94. The minimum Gasteiger partial charge on any atom is -0.485 e. The molecule has 19 heavy (non-hydrogen) atoms. The average molecular weight is 270 g/mol. The second-order valence-corrected chi connectivity index (χ2v) is 5.33. The highest BCUT2D eigenvalue weighted by Gasteiger charge is 2.37. The van der Waals surface area contributed by atoms with Crippen LogP contribution < -0.4 is 4.74 Å². The van der Waals surface area contributed by atoms with Gasteiger partial charge in [0.15, 0.2) is 0 Å². The van der Waals surface area contributed by atoms with E-state index in [0.29, 0.717) is 0 Å². The molecule has 0 saturated carbocycles. The van der Waals surface area contributed by atoms with Gasteiger partial charge in [0.2, 0.25) is 0 Å². The molecule has 1 aromatic rings. The Bertz CT molecular complexity index is 365. The van der Waals surface area contributed by atoms with Gasteiger partial charge in [0, 0.05) is 0 Å². The summed E-state index contributed by atoms with van der Waals surface area (Å²) in [5.74, 6) is 0.785. The summed E-state index contributed by atoms with van der Waals surface area (Å²) in [6.07, 6.45) is 0. The third kappa shape index (κ3) is 7.17. The van der Waals surface area contributed by atoms with Crippen molar-refractivity contribution in [2.45, 2.75) is 45.8 Å². The van der Waals surface area contributed by atoms with Gasteiger partial charge in [0.25, 0.3) is 0 Å². The summed E-state index contributed by atoms with van der Waals surface area (Å²) in [5, 5.41) is 31.4. The Labute approximate surface area is 114 Å². The van der Waals surface area contributed by atoms with Crippen molar-refractivity contribution in [3.63, 3.8) is 0 Å². The molecule has 0 fully saturated rings. The SMILES string of the molecule is Cc1ccc(OC(C)(C)C(C)(C)O)cc1.OB(O)O. The molecule has 6 heteroatoms. The van der Waals surface area contributed by atoms with Crippen LogP contribution in [0.1, 0.15) is 33.3 Å². The molecule has 1 aromatic carbocycles. The van der Waals surface area contributed by atoms with Gasteiger partial charge in [0.1, 0.15) is 11.4 Å². The number of hydrogen-bond acceptors (Lipinski definition) is 5. The van der Waals surface area contributed by atoms with Crippen LogP contribution in [0.3, 0.4) is 0 Å². The van der Waals surface area contributed by atoms with Crippen molar-refractivity contribution < 1.29 is 24.9 Å². The fourth-order valence-corrected chi connectivity index (χ4v) is 1.03. The van der Waals surface area contributed by atoms with Crippen molar-refractivity contribution in [2.75, 3.05) is 0 Å². The lowest BCUT2D eigenvalue weighted by Gasteiger charge is -2.37. The van der Waals surface area contributed by atoms with Crippen LogP contribution in [0.15, 0.2) is 24.3 Å². The maximum absolute atomic E-state index is 9.94. The molecular weight excluding hydrogens is 247 g/mol. The molecule has 0 unspecified atom stereocenters. The highest BCUT2D eigenvalue weighted by Crippen LogP contribution is 2.27. The predicted octanol–water partition coefficient (Wildman–Crippen LogP) is 0.872. The van der Waals surface area contributed by atoms with E-state index in [9.17, 15) is 5.11 Å². The molecule has 0 atom stereocenters. The quantitative estimate of drug-likeness (QED) is 0.612. The Kier molecular flexibility index (Phi) is 6.52. The lowest BCUT2D eigenvalue weighted by molar-refractivity contribution is -0.0906. The monoisotopic (exact) mass is 270 g/mol. The van der Waals surface area contributed by atoms with Gasteiger partial charge in [-0.05, 0) is 46.8 Å². The van der Waals surface area contributed by atoms with E-state index in [4.69, 9.17) is 19.8 Å². The van der Waals surface area contributed by atoms with E-state index >= 15 is 0 Å². The largest absolute Gasteiger partial charge is 0.631 e. The summed E-state index contributed by atoms with van der Waals surface area (Å²) in [7, 11) is -2.17. The first-order valence-electron chi connectivity index (χ1n) is 5.98. The molecular formula is C13H23BO5. The zero-order chi connectivity index (χ0) is 15.3. The number of aliphatic hydroxyl groups is 1. The molecule has 0 spiro atoms. The Hall–Kier alpha value is -1.08. The number of benzene rings is 1. The number of aryl methyl sites for hydroxylation is 1. The van der Waals surface area contributed by atoms with Crippen molar-refractivity contribution in [1.29, 1.82) is 0 Å². The Morgan fingerprint density at radius 1 is 0.947 bits per heavy atom. The minimum absolute atomic E-state index is 0.609. The van der Waals surface area contributed by atoms with Crippen LogP contribution >= 0.6 is 0 Å². The second kappa shape index (κ2) is 6.91. The Morgan fingerprint density at radius 2 is 1.32 bits per heavy atom. The fraction of sp³-hybridized carbons (Fsp3) is 0.538. The van der Waals surface area contributed by atoms with Gasteiger partial charge in [-0.25, -0.2) is 0 Å². The fourth-order valence-electron chi connectivity index (χ4n) is 1.03. The first-order valence-corrected chi connectivity index (χ1v) is 5.98. The molecule has 0 amide bonds. The van der Waals surface area contributed by atoms with Gasteiger partial charge in [0.05, 0.1) is 5.60 Å². The molecule has 0 radical (unpaired) electrons. The van der Waals surface area contributed by atoms with Gasteiger partial charge in [-0.15, -0.1) is 0 Å². The zero-order valence-electron chi connectivity index (χ0n) is 12.1. The topological polar surface area (TPSA) is 90.2 Å². The Morgan fingerprint density at radius 3 is 1.63 bits per heavy atom. The second-order valence-electron chi connectivity index (χ2n) is 5.33. The van der Waals surface area contributed by atoms with Crippen molar-refractivity contribution in [3.8, 4) is 5.75 Å². The van der Waals surface area contributed by atoms with Crippen molar-refractivity contribution in [3.05, 3.63) is 29.8 Å². The van der Waals surface area contributed by atoms with Gasteiger partial charge in [-0.3, -0.25) is 0 Å². The van der Waals surface area contributed by atoms with E-state index in [-0.39, 0.29) is 0 Å². The number of ether oxygens (including phenoxy) is 1. The molecule has 108 valence electrons. The highest BCUT2D eigenvalue weighted by atomic mass is 16.5. The summed E-state index contributed by atoms with van der Waals surface area (Å²) in [5.41, 5.74) is -0.288. The van der Waals surface area contributed by atoms with Crippen LogP contribution in [-0.2, 0) is 0 Å². The predicted molar refractivity (Wildman–Crippen MR) is 74.6 cm³/mol. The van der Waals surface area contributed by atoms with Crippen molar-refractivity contribution in [1.82, 2.24) is 0 Å². The standard InChI is InChI=1S/C13H20O2.BH3O3/c1-10-6-8-11(9-7-10)15-13(4,5)12(2,3)14;2-1(3)4/h6-9,14H,1-5H3;2-4H. The maximum Gasteiger partial charge on any atom is 0.631 e. The molecule has 1 rings (SSSR count). The number of rotatable bonds is 3. The molecule has 4 N–H and O–H groups in total. The molecule has 0 aliphatic rings. The molecule has 0 saturated heterocycles. The summed E-state index contributed by atoms with van der Waals surface area (Å²) >= 11 is 0. The number of hydrogen-bond donors (Lipinski definition) is 4. The molecule has 0 aliphatic heterocycles. The molecule has 0 bridgehead atoms. The molecule has 0 aromatic heterocycles. The van der Waals surface area contributed by atoms with E-state index in [1.807, 2.05) is 45.0 Å². The average Bonchev–Trinajstić information content (AvgIpc) is 2.18. The van der Waals surface area contributed by atoms with Crippen LogP contribution in [0.2, 0.25) is 0 Å². The van der Waals surface area contributed by atoms with Gasteiger partial charge in [-0.2, -0.15) is 0 Å². The van der Waals surface area contributed by atoms with Crippen LogP contribution in [0, 0.1) is 6.92 Å². The van der Waals surface area contributed by atoms with E-state index in [1.54, 1.807) is 13.8 Å². The third-order valence-corrected chi connectivity index (χ3v) is 2.87. The normalized spacial score (nSPS) is 11.4. The van der Waals surface area contributed by atoms with Crippen LogP contribution in [0.4, 0.5) is 0 Å². The zero-order valence-corrected chi connectivity index (χ0v) is 12.1. The highest BCUT2D eigenvalue weighted by molar-refractivity contribution is 6.30.